The van der Waals surface area contributed by atoms with Crippen LogP contribution in [0.25, 0.3) is 0 Å². The van der Waals surface area contributed by atoms with Gasteiger partial charge < -0.3 is 15.7 Å². The summed E-state index contributed by atoms with van der Waals surface area (Å²) in [5.41, 5.74) is 0.670. The van der Waals surface area contributed by atoms with Gasteiger partial charge in [-0.05, 0) is 37.3 Å². The summed E-state index contributed by atoms with van der Waals surface area (Å²) in [5.74, 6) is 0.529. The van der Waals surface area contributed by atoms with Crippen LogP contribution in [0.2, 0.25) is 0 Å². The number of hydrogen-bond acceptors (Lipinski definition) is 3. The average molecular weight is 235 g/mol. The Morgan fingerprint density at radius 3 is 3.00 bits per heavy atom. The summed E-state index contributed by atoms with van der Waals surface area (Å²) in [4.78, 5) is 15.6. The molecule has 0 saturated heterocycles. The number of aromatic nitrogens is 1. The van der Waals surface area contributed by atoms with E-state index >= 15 is 0 Å². The number of aliphatic hydroxyl groups is 1. The smallest absolute Gasteiger partial charge is 0.319 e. The lowest BCUT2D eigenvalue weighted by Gasteiger charge is -2.17. The van der Waals surface area contributed by atoms with E-state index < -0.39 is 0 Å². The van der Waals surface area contributed by atoms with Gasteiger partial charge in [-0.2, -0.15) is 0 Å². The monoisotopic (exact) mass is 235 g/mol. The molecule has 0 aliphatic heterocycles. The molecule has 1 fully saturated rings. The van der Waals surface area contributed by atoms with E-state index in [1.807, 2.05) is 0 Å². The van der Waals surface area contributed by atoms with Crippen LogP contribution >= 0.6 is 0 Å². The maximum atomic E-state index is 11.7. The van der Waals surface area contributed by atoms with Crippen molar-refractivity contribution in [3.05, 3.63) is 24.5 Å². The third-order valence-corrected chi connectivity index (χ3v) is 2.87. The minimum atomic E-state index is -0.233. The van der Waals surface area contributed by atoms with Gasteiger partial charge in [-0.15, -0.1) is 0 Å². The number of hydrogen-bond donors (Lipinski definition) is 3. The number of pyridine rings is 1. The zero-order valence-corrected chi connectivity index (χ0v) is 9.60. The standard InChI is InChI=1S/C12H17N3O2/c16-7-5-11(9-3-4-9)15-12(17)14-10-2-1-6-13-8-10/h1-2,6,8-9,11,16H,3-5,7H2,(H2,14,15,17)/t11-/m0/s1. The maximum absolute atomic E-state index is 11.7. The second-order valence-corrected chi connectivity index (χ2v) is 4.30. The van der Waals surface area contributed by atoms with E-state index in [0.29, 0.717) is 18.0 Å². The number of urea groups is 1. The highest BCUT2D eigenvalue weighted by molar-refractivity contribution is 5.89. The summed E-state index contributed by atoms with van der Waals surface area (Å²) < 4.78 is 0. The molecular formula is C12H17N3O2. The molecule has 1 aromatic heterocycles. The van der Waals surface area contributed by atoms with E-state index in [-0.39, 0.29) is 18.7 Å². The zero-order valence-electron chi connectivity index (χ0n) is 9.60. The molecule has 5 heteroatoms. The quantitative estimate of drug-likeness (QED) is 0.721. The van der Waals surface area contributed by atoms with E-state index in [1.54, 1.807) is 24.5 Å². The number of anilines is 1. The van der Waals surface area contributed by atoms with E-state index in [2.05, 4.69) is 15.6 Å². The molecule has 0 aromatic carbocycles. The molecular weight excluding hydrogens is 218 g/mol. The zero-order chi connectivity index (χ0) is 12.1. The SMILES string of the molecule is O=C(Nc1cccnc1)N[C@@H](CCO)C1CC1. The van der Waals surface area contributed by atoms with Gasteiger partial charge in [0, 0.05) is 18.8 Å². The number of amides is 2. The third-order valence-electron chi connectivity index (χ3n) is 2.87. The van der Waals surface area contributed by atoms with Crippen LogP contribution in [0.5, 0.6) is 0 Å². The number of nitrogens with zero attached hydrogens (tertiary/aromatic N) is 1. The molecule has 1 heterocycles. The molecule has 92 valence electrons. The number of nitrogens with one attached hydrogen (secondary N) is 2. The van der Waals surface area contributed by atoms with Crippen LogP contribution < -0.4 is 10.6 Å². The van der Waals surface area contributed by atoms with Gasteiger partial charge >= 0.3 is 6.03 Å². The van der Waals surface area contributed by atoms with Crippen LogP contribution in [-0.4, -0.2) is 28.8 Å². The van der Waals surface area contributed by atoms with E-state index in [1.165, 1.54) is 0 Å². The van der Waals surface area contributed by atoms with Gasteiger partial charge in [0.05, 0.1) is 11.9 Å². The first-order valence-corrected chi connectivity index (χ1v) is 5.88. The first-order chi connectivity index (χ1) is 8.29. The highest BCUT2D eigenvalue weighted by Gasteiger charge is 2.31. The fourth-order valence-electron chi connectivity index (χ4n) is 1.84. The normalized spacial score (nSPS) is 16.3. The minimum absolute atomic E-state index is 0.0803. The summed E-state index contributed by atoms with van der Waals surface area (Å²) in [7, 11) is 0. The van der Waals surface area contributed by atoms with Crippen LogP contribution in [0.15, 0.2) is 24.5 Å². The molecule has 1 aromatic rings. The molecule has 1 aliphatic carbocycles. The minimum Gasteiger partial charge on any atom is -0.396 e. The second-order valence-electron chi connectivity index (χ2n) is 4.30. The molecule has 5 nitrogen and oxygen atoms in total. The van der Waals surface area contributed by atoms with Gasteiger partial charge in [-0.25, -0.2) is 4.79 Å². The van der Waals surface area contributed by atoms with Crippen molar-refractivity contribution < 1.29 is 9.90 Å². The topological polar surface area (TPSA) is 74.2 Å². The van der Waals surface area contributed by atoms with Crippen molar-refractivity contribution >= 4 is 11.7 Å². The Morgan fingerprint density at radius 1 is 1.59 bits per heavy atom. The molecule has 3 N–H and O–H groups in total. The van der Waals surface area contributed by atoms with Crippen molar-refractivity contribution in [1.82, 2.24) is 10.3 Å². The van der Waals surface area contributed by atoms with Crippen molar-refractivity contribution in [2.24, 2.45) is 5.92 Å². The summed E-state index contributed by atoms with van der Waals surface area (Å²) in [6, 6.07) is 3.40. The van der Waals surface area contributed by atoms with Crippen LogP contribution in [0.4, 0.5) is 10.5 Å². The maximum Gasteiger partial charge on any atom is 0.319 e. The highest BCUT2D eigenvalue weighted by atomic mass is 16.3. The lowest BCUT2D eigenvalue weighted by molar-refractivity contribution is 0.234. The van der Waals surface area contributed by atoms with E-state index in [4.69, 9.17) is 5.11 Å². The molecule has 0 spiro atoms. The van der Waals surface area contributed by atoms with Crippen LogP contribution in [0.1, 0.15) is 19.3 Å². The van der Waals surface area contributed by atoms with E-state index in [0.717, 1.165) is 12.8 Å². The number of carbonyl (C=O) groups is 1. The Balaban J connectivity index is 1.83. The van der Waals surface area contributed by atoms with Crippen molar-refractivity contribution in [2.75, 3.05) is 11.9 Å². The van der Waals surface area contributed by atoms with Gasteiger partial charge in [0.2, 0.25) is 0 Å². The fraction of sp³-hybridized carbons (Fsp3) is 0.500. The lowest BCUT2D eigenvalue weighted by Crippen LogP contribution is -2.39. The molecule has 0 radical (unpaired) electrons. The average Bonchev–Trinajstić information content (AvgIpc) is 3.13. The summed E-state index contributed by atoms with van der Waals surface area (Å²) in [6.07, 6.45) is 6.14. The Kier molecular flexibility index (Phi) is 3.93. The molecule has 1 atom stereocenters. The first kappa shape index (κ1) is 11.9. The van der Waals surface area contributed by atoms with Gasteiger partial charge in [-0.3, -0.25) is 4.98 Å². The summed E-state index contributed by atoms with van der Waals surface area (Å²) in [5, 5.41) is 14.5. The Hall–Kier alpha value is -1.62. The molecule has 1 saturated carbocycles. The predicted octanol–water partition coefficient (Wildman–Crippen LogP) is 1.36. The van der Waals surface area contributed by atoms with Crippen molar-refractivity contribution in [3.8, 4) is 0 Å². The highest BCUT2D eigenvalue weighted by Crippen LogP contribution is 2.33. The van der Waals surface area contributed by atoms with Gasteiger partial charge in [0.25, 0.3) is 0 Å². The third kappa shape index (κ3) is 3.71. The molecule has 1 aliphatic rings. The fourth-order valence-corrected chi connectivity index (χ4v) is 1.84. The van der Waals surface area contributed by atoms with Gasteiger partial charge in [0.15, 0.2) is 0 Å². The molecule has 0 bridgehead atoms. The largest absolute Gasteiger partial charge is 0.396 e. The Bertz CT molecular complexity index is 365. The first-order valence-electron chi connectivity index (χ1n) is 5.88. The van der Waals surface area contributed by atoms with Crippen molar-refractivity contribution in [1.29, 1.82) is 0 Å². The number of carbonyl (C=O) groups excluding carboxylic acids is 1. The van der Waals surface area contributed by atoms with E-state index in [9.17, 15) is 4.79 Å². The molecule has 17 heavy (non-hydrogen) atoms. The Morgan fingerprint density at radius 2 is 2.41 bits per heavy atom. The number of aliphatic hydroxyl groups excluding tert-OH is 1. The van der Waals surface area contributed by atoms with Crippen molar-refractivity contribution in [2.45, 2.75) is 25.3 Å². The summed E-state index contributed by atoms with van der Waals surface area (Å²) in [6.45, 7) is 0.105. The lowest BCUT2D eigenvalue weighted by atomic mass is 10.1. The second kappa shape index (κ2) is 5.63. The van der Waals surface area contributed by atoms with Crippen LogP contribution in [0.3, 0.4) is 0 Å². The Labute approximate surface area is 100 Å². The molecule has 0 unspecified atom stereocenters. The van der Waals surface area contributed by atoms with Crippen LogP contribution in [-0.2, 0) is 0 Å². The van der Waals surface area contributed by atoms with Crippen molar-refractivity contribution in [3.63, 3.8) is 0 Å². The molecule has 2 amide bonds. The molecule has 2 rings (SSSR count). The van der Waals surface area contributed by atoms with Crippen LogP contribution in [0, 0.1) is 5.92 Å². The van der Waals surface area contributed by atoms with Gasteiger partial charge in [0.1, 0.15) is 0 Å². The predicted molar refractivity (Wildman–Crippen MR) is 64.6 cm³/mol. The number of rotatable bonds is 5. The van der Waals surface area contributed by atoms with Gasteiger partial charge in [-0.1, -0.05) is 0 Å². The summed E-state index contributed by atoms with van der Waals surface area (Å²) >= 11 is 0.